The maximum Gasteiger partial charge on any atom is 0.336 e. The van der Waals surface area contributed by atoms with Crippen LogP contribution in [-0.4, -0.2) is 23.7 Å². The van der Waals surface area contributed by atoms with E-state index in [1.54, 1.807) is 11.3 Å². The van der Waals surface area contributed by atoms with Gasteiger partial charge in [0.05, 0.1) is 5.56 Å². The molecule has 0 radical (unpaired) electrons. The number of rotatable bonds is 2. The monoisotopic (exact) mass is 239 g/mol. The number of carboxylic acid groups (broad SMARTS) is 1. The average molecular weight is 239 g/mol. The Morgan fingerprint density at radius 1 is 1.62 bits per heavy atom. The zero-order valence-electron chi connectivity index (χ0n) is 9.62. The summed E-state index contributed by atoms with van der Waals surface area (Å²) in [5.41, 5.74) is 0.470. The molecule has 2 N–H and O–H groups in total. The van der Waals surface area contributed by atoms with E-state index in [4.69, 9.17) is 5.11 Å². The number of piperidine rings is 1. The largest absolute Gasteiger partial charge is 0.478 e. The fourth-order valence-electron chi connectivity index (χ4n) is 2.33. The first-order valence-corrected chi connectivity index (χ1v) is 6.48. The van der Waals surface area contributed by atoms with Crippen LogP contribution in [0.3, 0.4) is 0 Å². The Hall–Kier alpha value is -0.870. The van der Waals surface area contributed by atoms with E-state index in [2.05, 4.69) is 12.2 Å². The van der Waals surface area contributed by atoms with Crippen LogP contribution in [0.1, 0.15) is 45.8 Å². The molecule has 2 rings (SSSR count). The molecule has 4 heteroatoms. The smallest absolute Gasteiger partial charge is 0.336 e. The Labute approximate surface area is 99.5 Å². The zero-order valence-corrected chi connectivity index (χ0v) is 10.4. The van der Waals surface area contributed by atoms with Gasteiger partial charge in [-0.05, 0) is 39.3 Å². The van der Waals surface area contributed by atoms with Gasteiger partial charge >= 0.3 is 5.97 Å². The van der Waals surface area contributed by atoms with Crippen molar-refractivity contribution in [2.24, 2.45) is 0 Å². The molecule has 88 valence electrons. The Morgan fingerprint density at radius 2 is 2.38 bits per heavy atom. The molecule has 0 aliphatic carbocycles. The Balaban J connectivity index is 2.26. The summed E-state index contributed by atoms with van der Waals surface area (Å²) in [4.78, 5) is 13.1. The van der Waals surface area contributed by atoms with Crippen molar-refractivity contribution < 1.29 is 9.90 Å². The van der Waals surface area contributed by atoms with E-state index in [0.717, 1.165) is 17.8 Å². The van der Waals surface area contributed by atoms with Gasteiger partial charge in [0.15, 0.2) is 0 Å². The van der Waals surface area contributed by atoms with E-state index in [1.807, 2.05) is 13.0 Å². The van der Waals surface area contributed by atoms with E-state index >= 15 is 0 Å². The Morgan fingerprint density at radius 3 is 2.94 bits per heavy atom. The summed E-state index contributed by atoms with van der Waals surface area (Å²) in [6.45, 7) is 5.14. The molecule has 1 fully saturated rings. The molecule has 1 aliphatic heterocycles. The summed E-state index contributed by atoms with van der Waals surface area (Å²) in [5.74, 6) is -0.332. The molecule has 0 amide bonds. The molecule has 1 aliphatic rings. The number of hydrogen-bond donors (Lipinski definition) is 2. The minimum Gasteiger partial charge on any atom is -0.478 e. The highest BCUT2D eigenvalue weighted by atomic mass is 32.1. The maximum atomic E-state index is 11.0. The van der Waals surface area contributed by atoms with E-state index in [-0.39, 0.29) is 0 Å². The molecule has 0 saturated carbocycles. The molecule has 1 saturated heterocycles. The van der Waals surface area contributed by atoms with Gasteiger partial charge in [0.25, 0.3) is 0 Å². The van der Waals surface area contributed by atoms with Gasteiger partial charge in [-0.25, -0.2) is 4.79 Å². The Bertz CT molecular complexity index is 400. The fourth-order valence-corrected chi connectivity index (χ4v) is 3.59. The van der Waals surface area contributed by atoms with Crippen LogP contribution in [0.2, 0.25) is 0 Å². The van der Waals surface area contributed by atoms with Crippen molar-refractivity contribution in [3.05, 3.63) is 21.4 Å². The van der Waals surface area contributed by atoms with Gasteiger partial charge in [0, 0.05) is 21.7 Å². The number of carboxylic acids is 1. The molecule has 2 atom stereocenters. The number of thiophene rings is 1. The first kappa shape index (κ1) is 11.6. The van der Waals surface area contributed by atoms with Crippen LogP contribution < -0.4 is 5.32 Å². The molecule has 2 heterocycles. The van der Waals surface area contributed by atoms with Crippen LogP contribution in [0, 0.1) is 6.92 Å². The van der Waals surface area contributed by atoms with Gasteiger partial charge < -0.3 is 10.4 Å². The lowest BCUT2D eigenvalue weighted by molar-refractivity contribution is 0.0696. The standard InChI is InChI=1S/C12H17NO2S/c1-7-9(4-3-5-13-7)11-6-10(12(14)15)8(2)16-11/h6-7,9,13H,3-5H2,1-2H3,(H,14,15). The zero-order chi connectivity index (χ0) is 11.7. The summed E-state index contributed by atoms with van der Waals surface area (Å²) in [7, 11) is 0. The first-order chi connectivity index (χ1) is 7.59. The van der Waals surface area contributed by atoms with Crippen LogP contribution in [0.25, 0.3) is 0 Å². The normalized spacial score (nSPS) is 25.6. The summed E-state index contributed by atoms with van der Waals surface area (Å²) in [6, 6.07) is 2.31. The van der Waals surface area contributed by atoms with Crippen molar-refractivity contribution in [3.63, 3.8) is 0 Å². The van der Waals surface area contributed by atoms with Crippen molar-refractivity contribution in [1.82, 2.24) is 5.32 Å². The summed E-state index contributed by atoms with van der Waals surface area (Å²) >= 11 is 1.63. The highest BCUT2D eigenvalue weighted by Gasteiger charge is 2.25. The van der Waals surface area contributed by atoms with Gasteiger partial charge in [-0.1, -0.05) is 0 Å². The number of aryl methyl sites for hydroxylation is 1. The maximum absolute atomic E-state index is 11.0. The van der Waals surface area contributed by atoms with Crippen molar-refractivity contribution >= 4 is 17.3 Å². The fraction of sp³-hybridized carbons (Fsp3) is 0.583. The first-order valence-electron chi connectivity index (χ1n) is 5.66. The summed E-state index contributed by atoms with van der Waals surface area (Å²) < 4.78 is 0. The van der Waals surface area contributed by atoms with E-state index in [9.17, 15) is 4.79 Å². The number of hydrogen-bond acceptors (Lipinski definition) is 3. The molecule has 16 heavy (non-hydrogen) atoms. The topological polar surface area (TPSA) is 49.3 Å². The lowest BCUT2D eigenvalue weighted by Crippen LogP contribution is -2.37. The molecule has 0 spiro atoms. The van der Waals surface area contributed by atoms with E-state index in [0.29, 0.717) is 17.5 Å². The van der Waals surface area contributed by atoms with Crippen molar-refractivity contribution in [3.8, 4) is 0 Å². The van der Waals surface area contributed by atoms with Crippen LogP contribution in [-0.2, 0) is 0 Å². The molecular weight excluding hydrogens is 222 g/mol. The quantitative estimate of drug-likeness (QED) is 0.834. The second-order valence-corrected chi connectivity index (χ2v) is 5.70. The molecule has 0 bridgehead atoms. The highest BCUT2D eigenvalue weighted by Crippen LogP contribution is 2.34. The van der Waals surface area contributed by atoms with Crippen molar-refractivity contribution in [2.45, 2.75) is 38.6 Å². The Kier molecular flexibility index (Phi) is 3.30. The molecule has 3 nitrogen and oxygen atoms in total. The average Bonchev–Trinajstić information content (AvgIpc) is 2.61. The lowest BCUT2D eigenvalue weighted by atomic mass is 9.90. The second kappa shape index (κ2) is 4.55. The second-order valence-electron chi connectivity index (χ2n) is 4.42. The molecule has 1 aromatic heterocycles. The van der Waals surface area contributed by atoms with Gasteiger partial charge in [-0.3, -0.25) is 0 Å². The predicted octanol–water partition coefficient (Wildman–Crippen LogP) is 2.61. The molecule has 0 aromatic carbocycles. The highest BCUT2D eigenvalue weighted by molar-refractivity contribution is 7.12. The predicted molar refractivity (Wildman–Crippen MR) is 65.5 cm³/mol. The summed E-state index contributed by atoms with van der Waals surface area (Å²) in [5, 5.41) is 12.5. The van der Waals surface area contributed by atoms with Gasteiger partial charge in [0.1, 0.15) is 0 Å². The lowest BCUT2D eigenvalue weighted by Gasteiger charge is -2.29. The third-order valence-corrected chi connectivity index (χ3v) is 4.48. The molecular formula is C12H17NO2S. The third kappa shape index (κ3) is 2.13. The van der Waals surface area contributed by atoms with Crippen LogP contribution in [0.4, 0.5) is 0 Å². The third-order valence-electron chi connectivity index (χ3n) is 3.29. The van der Waals surface area contributed by atoms with Gasteiger partial charge in [-0.2, -0.15) is 0 Å². The van der Waals surface area contributed by atoms with Crippen LogP contribution >= 0.6 is 11.3 Å². The summed E-state index contributed by atoms with van der Waals surface area (Å²) in [6.07, 6.45) is 2.33. The van der Waals surface area contributed by atoms with E-state index in [1.165, 1.54) is 11.3 Å². The minimum atomic E-state index is -0.809. The van der Waals surface area contributed by atoms with Gasteiger partial charge in [0.2, 0.25) is 0 Å². The molecule has 2 unspecified atom stereocenters. The van der Waals surface area contributed by atoms with E-state index < -0.39 is 5.97 Å². The minimum absolute atomic E-state index is 0.452. The van der Waals surface area contributed by atoms with Crippen LogP contribution in [0.15, 0.2) is 6.07 Å². The van der Waals surface area contributed by atoms with Crippen LogP contribution in [0.5, 0.6) is 0 Å². The van der Waals surface area contributed by atoms with Gasteiger partial charge in [-0.15, -0.1) is 11.3 Å². The number of aromatic carboxylic acids is 1. The van der Waals surface area contributed by atoms with Crippen molar-refractivity contribution in [1.29, 1.82) is 0 Å². The number of nitrogens with one attached hydrogen (secondary N) is 1. The molecule has 1 aromatic rings. The SMILES string of the molecule is Cc1sc(C2CCCNC2C)cc1C(=O)O. The van der Waals surface area contributed by atoms with Crippen molar-refractivity contribution in [2.75, 3.05) is 6.54 Å². The number of carbonyl (C=O) groups is 1.